The number of nitrogens with one attached hydrogen (secondary N) is 1. The van der Waals surface area contributed by atoms with Crippen molar-refractivity contribution in [1.29, 1.82) is 0 Å². The number of halogens is 1. The van der Waals surface area contributed by atoms with Gasteiger partial charge in [0.05, 0.1) is 19.9 Å². The summed E-state index contributed by atoms with van der Waals surface area (Å²) in [6.07, 6.45) is 1.64. The molecule has 1 amide bonds. The maximum Gasteiger partial charge on any atom is 0.273 e. The van der Waals surface area contributed by atoms with Crippen LogP contribution >= 0.6 is 15.9 Å². The number of carbonyl (C=O) groups is 1. The molecule has 25 heavy (non-hydrogen) atoms. The van der Waals surface area contributed by atoms with Crippen LogP contribution in [0, 0.1) is 0 Å². The van der Waals surface area contributed by atoms with Gasteiger partial charge in [0.25, 0.3) is 5.91 Å². The van der Waals surface area contributed by atoms with Gasteiger partial charge in [-0.05, 0) is 23.8 Å². The predicted molar refractivity (Wildman–Crippen MR) is 97.4 cm³/mol. The lowest BCUT2D eigenvalue weighted by Crippen LogP contribution is -2.23. The van der Waals surface area contributed by atoms with E-state index in [2.05, 4.69) is 31.6 Å². The molecule has 0 bridgehead atoms. The summed E-state index contributed by atoms with van der Waals surface area (Å²) in [6.45, 7) is 0.910. The third-order valence-electron chi connectivity index (χ3n) is 3.64. The fourth-order valence-corrected chi connectivity index (χ4v) is 2.81. The Bertz CT molecular complexity index is 865. The summed E-state index contributed by atoms with van der Waals surface area (Å²) >= 11 is 3.42. The zero-order valence-corrected chi connectivity index (χ0v) is 15.2. The van der Waals surface area contributed by atoms with Crippen molar-refractivity contribution in [3.63, 3.8) is 0 Å². The van der Waals surface area contributed by atoms with Crippen LogP contribution in [-0.2, 0) is 13.1 Å². The molecule has 0 unspecified atom stereocenters. The van der Waals surface area contributed by atoms with Crippen LogP contribution in [0.5, 0.6) is 5.75 Å². The first-order chi connectivity index (χ1) is 12.2. The van der Waals surface area contributed by atoms with Crippen molar-refractivity contribution in [3.8, 4) is 5.75 Å². The van der Waals surface area contributed by atoms with Crippen molar-refractivity contribution in [1.82, 2.24) is 20.3 Å². The van der Waals surface area contributed by atoms with Crippen LogP contribution in [0.3, 0.4) is 0 Å². The van der Waals surface area contributed by atoms with E-state index in [-0.39, 0.29) is 11.6 Å². The first-order valence-electron chi connectivity index (χ1n) is 7.70. The van der Waals surface area contributed by atoms with Gasteiger partial charge in [0, 0.05) is 16.6 Å². The highest BCUT2D eigenvalue weighted by Gasteiger charge is 2.12. The second kappa shape index (κ2) is 7.94. The van der Waals surface area contributed by atoms with E-state index < -0.39 is 0 Å². The lowest BCUT2D eigenvalue weighted by molar-refractivity contribution is 0.0945. The molecule has 1 heterocycles. The summed E-state index contributed by atoms with van der Waals surface area (Å²) in [5.74, 6) is 0.442. The van der Waals surface area contributed by atoms with Crippen molar-refractivity contribution in [3.05, 3.63) is 76.0 Å². The van der Waals surface area contributed by atoms with Crippen molar-refractivity contribution in [2.75, 3.05) is 7.11 Å². The molecule has 0 fully saturated rings. The molecule has 0 radical (unpaired) electrons. The molecule has 128 valence electrons. The van der Waals surface area contributed by atoms with E-state index in [4.69, 9.17) is 4.74 Å². The molecule has 1 aromatic heterocycles. The van der Waals surface area contributed by atoms with Gasteiger partial charge in [0.1, 0.15) is 5.75 Å². The van der Waals surface area contributed by atoms with Gasteiger partial charge in [-0.2, -0.15) is 0 Å². The van der Waals surface area contributed by atoms with Crippen LogP contribution < -0.4 is 10.1 Å². The van der Waals surface area contributed by atoms with E-state index in [1.807, 2.05) is 48.5 Å². The molecule has 0 spiro atoms. The molecule has 3 rings (SSSR count). The SMILES string of the molecule is COc1ccc(Br)cc1CNC(=O)c1cn(Cc2ccccc2)nn1. The zero-order chi connectivity index (χ0) is 17.6. The number of hydrogen-bond acceptors (Lipinski definition) is 4. The largest absolute Gasteiger partial charge is 0.496 e. The third kappa shape index (κ3) is 4.45. The number of benzene rings is 2. The molecule has 0 aliphatic carbocycles. The second-order valence-corrected chi connectivity index (χ2v) is 6.34. The summed E-state index contributed by atoms with van der Waals surface area (Å²) in [5, 5.41) is 10.8. The summed E-state index contributed by atoms with van der Waals surface area (Å²) in [4.78, 5) is 12.3. The first kappa shape index (κ1) is 17.2. The van der Waals surface area contributed by atoms with Gasteiger partial charge in [-0.1, -0.05) is 51.5 Å². The topological polar surface area (TPSA) is 69.0 Å². The fraction of sp³-hybridized carbons (Fsp3) is 0.167. The molecule has 0 aliphatic rings. The van der Waals surface area contributed by atoms with Crippen molar-refractivity contribution >= 4 is 21.8 Å². The lowest BCUT2D eigenvalue weighted by Gasteiger charge is -2.09. The minimum atomic E-state index is -0.277. The highest BCUT2D eigenvalue weighted by molar-refractivity contribution is 9.10. The van der Waals surface area contributed by atoms with E-state index in [1.54, 1.807) is 18.0 Å². The predicted octanol–water partition coefficient (Wildman–Crippen LogP) is 3.03. The average molecular weight is 401 g/mol. The normalized spacial score (nSPS) is 10.5. The Balaban J connectivity index is 1.63. The molecule has 7 heteroatoms. The smallest absolute Gasteiger partial charge is 0.273 e. The Kier molecular flexibility index (Phi) is 5.45. The Morgan fingerprint density at radius 2 is 2.04 bits per heavy atom. The summed E-state index contributed by atoms with van der Waals surface area (Å²) in [7, 11) is 1.60. The molecule has 2 aromatic carbocycles. The highest BCUT2D eigenvalue weighted by Crippen LogP contribution is 2.22. The number of rotatable bonds is 6. The Morgan fingerprint density at radius 3 is 2.80 bits per heavy atom. The number of carbonyl (C=O) groups excluding carboxylic acids is 1. The zero-order valence-electron chi connectivity index (χ0n) is 13.6. The number of ether oxygens (including phenoxy) is 1. The van der Waals surface area contributed by atoms with Gasteiger partial charge < -0.3 is 10.1 Å². The number of hydrogen-bond donors (Lipinski definition) is 1. The quantitative estimate of drug-likeness (QED) is 0.690. The van der Waals surface area contributed by atoms with Crippen LogP contribution in [0.1, 0.15) is 21.6 Å². The van der Waals surface area contributed by atoms with Gasteiger partial charge in [-0.25, -0.2) is 4.68 Å². The summed E-state index contributed by atoms with van der Waals surface area (Å²) in [5.41, 5.74) is 2.25. The van der Waals surface area contributed by atoms with E-state index in [9.17, 15) is 4.79 Å². The number of aromatic nitrogens is 3. The van der Waals surface area contributed by atoms with E-state index in [0.29, 0.717) is 13.1 Å². The monoisotopic (exact) mass is 400 g/mol. The Labute approximate surface area is 153 Å². The molecular weight excluding hydrogens is 384 g/mol. The van der Waals surface area contributed by atoms with Gasteiger partial charge in [-0.15, -0.1) is 5.10 Å². The molecule has 0 saturated heterocycles. The molecule has 0 saturated carbocycles. The van der Waals surface area contributed by atoms with Crippen molar-refractivity contribution in [2.24, 2.45) is 0 Å². The van der Waals surface area contributed by atoms with Crippen LogP contribution in [0.4, 0.5) is 0 Å². The first-order valence-corrected chi connectivity index (χ1v) is 8.49. The Hall–Kier alpha value is -2.67. The van der Waals surface area contributed by atoms with Gasteiger partial charge in [0.15, 0.2) is 5.69 Å². The second-order valence-electron chi connectivity index (χ2n) is 5.43. The maximum atomic E-state index is 12.3. The van der Waals surface area contributed by atoms with Crippen LogP contribution in [0.15, 0.2) is 59.2 Å². The standard InChI is InChI=1S/C18H17BrN4O2/c1-25-17-8-7-15(19)9-14(17)10-20-18(24)16-12-23(22-21-16)11-13-5-3-2-4-6-13/h2-9,12H,10-11H2,1H3,(H,20,24). The maximum absolute atomic E-state index is 12.3. The fourth-order valence-electron chi connectivity index (χ4n) is 2.40. The molecule has 0 aliphatic heterocycles. The van der Waals surface area contributed by atoms with E-state index in [0.717, 1.165) is 21.3 Å². The highest BCUT2D eigenvalue weighted by atomic mass is 79.9. The van der Waals surface area contributed by atoms with Gasteiger partial charge in [-0.3, -0.25) is 4.79 Å². The van der Waals surface area contributed by atoms with E-state index in [1.165, 1.54) is 0 Å². The third-order valence-corrected chi connectivity index (χ3v) is 4.13. The van der Waals surface area contributed by atoms with Crippen LogP contribution in [0.2, 0.25) is 0 Å². The van der Waals surface area contributed by atoms with Gasteiger partial charge in [0.2, 0.25) is 0 Å². The summed E-state index contributed by atoms with van der Waals surface area (Å²) < 4.78 is 7.87. The van der Waals surface area contributed by atoms with Crippen LogP contribution in [0.25, 0.3) is 0 Å². The average Bonchev–Trinajstić information content (AvgIpc) is 3.09. The minimum absolute atomic E-state index is 0.277. The van der Waals surface area contributed by atoms with Crippen molar-refractivity contribution < 1.29 is 9.53 Å². The molecule has 3 aromatic rings. The van der Waals surface area contributed by atoms with E-state index >= 15 is 0 Å². The minimum Gasteiger partial charge on any atom is -0.496 e. The molecule has 0 atom stereocenters. The Morgan fingerprint density at radius 1 is 1.24 bits per heavy atom. The number of nitrogens with zero attached hydrogens (tertiary/aromatic N) is 3. The molecular formula is C18H17BrN4O2. The van der Waals surface area contributed by atoms with Gasteiger partial charge >= 0.3 is 0 Å². The number of methoxy groups -OCH3 is 1. The lowest BCUT2D eigenvalue weighted by atomic mass is 10.2. The van der Waals surface area contributed by atoms with Crippen LogP contribution in [-0.4, -0.2) is 28.0 Å². The summed E-state index contributed by atoms with van der Waals surface area (Å²) in [6, 6.07) is 15.5. The molecule has 1 N–H and O–H groups in total. The number of amides is 1. The molecule has 6 nitrogen and oxygen atoms in total. The van der Waals surface area contributed by atoms with Crippen molar-refractivity contribution in [2.45, 2.75) is 13.1 Å².